The molecule has 1 heterocycles. The lowest BCUT2D eigenvalue weighted by Gasteiger charge is -2.05. The summed E-state index contributed by atoms with van der Waals surface area (Å²) in [5, 5.41) is 2.19. The van der Waals surface area contributed by atoms with Gasteiger partial charge in [0.15, 0.2) is 5.69 Å². The lowest BCUT2D eigenvalue weighted by molar-refractivity contribution is 0.0467. The fourth-order valence-corrected chi connectivity index (χ4v) is 3.02. The van der Waals surface area contributed by atoms with Crippen LogP contribution >= 0.6 is 11.3 Å². The van der Waals surface area contributed by atoms with Gasteiger partial charge >= 0.3 is 11.9 Å². The summed E-state index contributed by atoms with van der Waals surface area (Å²) in [5.41, 5.74) is 1.95. The summed E-state index contributed by atoms with van der Waals surface area (Å²) in [6.45, 7) is 0.00702. The van der Waals surface area contributed by atoms with Gasteiger partial charge in [0, 0.05) is 10.9 Å². The van der Waals surface area contributed by atoms with Crippen molar-refractivity contribution in [1.29, 1.82) is 0 Å². The normalized spacial score (nSPS) is 10.4. The van der Waals surface area contributed by atoms with Gasteiger partial charge in [-0.15, -0.1) is 11.3 Å². The van der Waals surface area contributed by atoms with Crippen molar-refractivity contribution in [2.75, 3.05) is 7.11 Å². The van der Waals surface area contributed by atoms with Gasteiger partial charge in [-0.1, -0.05) is 12.1 Å². The van der Waals surface area contributed by atoms with Gasteiger partial charge in [0.05, 0.1) is 12.7 Å². The molecule has 132 valence electrons. The van der Waals surface area contributed by atoms with Crippen molar-refractivity contribution in [3.05, 3.63) is 76.5 Å². The van der Waals surface area contributed by atoms with Crippen molar-refractivity contribution < 1.29 is 23.5 Å². The molecule has 5 nitrogen and oxygen atoms in total. The monoisotopic (exact) mass is 371 g/mol. The maximum atomic E-state index is 13.0. The zero-order chi connectivity index (χ0) is 18.5. The van der Waals surface area contributed by atoms with E-state index < -0.39 is 11.9 Å². The van der Waals surface area contributed by atoms with Gasteiger partial charge < -0.3 is 9.47 Å². The Labute approximate surface area is 153 Å². The molecule has 0 unspecified atom stereocenters. The van der Waals surface area contributed by atoms with E-state index in [0.29, 0.717) is 16.1 Å². The van der Waals surface area contributed by atoms with Crippen LogP contribution in [0.3, 0.4) is 0 Å². The number of thiazole rings is 1. The van der Waals surface area contributed by atoms with E-state index in [0.717, 1.165) is 5.56 Å². The number of carbonyl (C=O) groups excluding carboxylic acids is 2. The maximum Gasteiger partial charge on any atom is 0.358 e. The summed E-state index contributed by atoms with van der Waals surface area (Å²) in [5.74, 6) is -1.36. The molecule has 1 aromatic heterocycles. The van der Waals surface area contributed by atoms with Crippen molar-refractivity contribution in [2.45, 2.75) is 6.61 Å². The van der Waals surface area contributed by atoms with Crippen LogP contribution in [-0.2, 0) is 16.1 Å². The van der Waals surface area contributed by atoms with Crippen LogP contribution in [-0.4, -0.2) is 24.0 Å². The third-order valence-corrected chi connectivity index (χ3v) is 4.41. The molecule has 0 radical (unpaired) electrons. The third-order valence-electron chi connectivity index (χ3n) is 3.52. The third kappa shape index (κ3) is 4.12. The van der Waals surface area contributed by atoms with E-state index in [4.69, 9.17) is 4.74 Å². The largest absolute Gasteiger partial charge is 0.465 e. The minimum Gasteiger partial charge on any atom is -0.465 e. The van der Waals surface area contributed by atoms with Gasteiger partial charge in [-0.2, -0.15) is 0 Å². The molecule has 0 N–H and O–H groups in total. The van der Waals surface area contributed by atoms with Gasteiger partial charge in [-0.25, -0.2) is 19.0 Å². The zero-order valence-corrected chi connectivity index (χ0v) is 14.6. The number of rotatable bonds is 5. The van der Waals surface area contributed by atoms with Crippen LogP contribution in [0.25, 0.3) is 10.6 Å². The molecule has 0 bridgehead atoms. The van der Waals surface area contributed by atoms with Crippen molar-refractivity contribution in [1.82, 2.24) is 4.98 Å². The first-order chi connectivity index (χ1) is 12.6. The highest BCUT2D eigenvalue weighted by molar-refractivity contribution is 7.13. The fraction of sp³-hybridized carbons (Fsp3) is 0.105. The number of ether oxygens (including phenoxy) is 2. The van der Waals surface area contributed by atoms with Crippen LogP contribution in [0.5, 0.6) is 0 Å². The molecule has 0 amide bonds. The Morgan fingerprint density at radius 2 is 1.88 bits per heavy atom. The van der Waals surface area contributed by atoms with Crippen LogP contribution in [0.4, 0.5) is 4.39 Å². The van der Waals surface area contributed by atoms with Crippen molar-refractivity contribution in [3.63, 3.8) is 0 Å². The molecule has 0 saturated carbocycles. The topological polar surface area (TPSA) is 65.5 Å². The molecule has 26 heavy (non-hydrogen) atoms. The van der Waals surface area contributed by atoms with Crippen molar-refractivity contribution in [3.8, 4) is 10.6 Å². The molecule has 3 aromatic rings. The number of halogens is 1. The minimum absolute atomic E-state index is 0.00702. The number of methoxy groups -OCH3 is 1. The lowest BCUT2D eigenvalue weighted by Crippen LogP contribution is -2.07. The number of nitrogens with zero attached hydrogens (tertiary/aromatic N) is 1. The predicted octanol–water partition coefficient (Wildman–Crippen LogP) is 4.09. The predicted molar refractivity (Wildman–Crippen MR) is 94.4 cm³/mol. The Bertz CT molecular complexity index is 937. The summed E-state index contributed by atoms with van der Waals surface area (Å²) in [7, 11) is 1.30. The lowest BCUT2D eigenvalue weighted by atomic mass is 10.1. The number of hydrogen-bond donors (Lipinski definition) is 0. The molecule has 0 atom stereocenters. The van der Waals surface area contributed by atoms with Crippen molar-refractivity contribution >= 4 is 23.3 Å². The molecular formula is C19H14FNO4S. The average Bonchev–Trinajstić information content (AvgIpc) is 3.16. The van der Waals surface area contributed by atoms with Crippen LogP contribution in [0.15, 0.2) is 53.9 Å². The average molecular weight is 371 g/mol. The molecular weight excluding hydrogens is 357 g/mol. The zero-order valence-electron chi connectivity index (χ0n) is 13.8. The Morgan fingerprint density at radius 3 is 2.62 bits per heavy atom. The van der Waals surface area contributed by atoms with E-state index in [1.54, 1.807) is 41.8 Å². The Morgan fingerprint density at radius 1 is 1.12 bits per heavy atom. The SMILES string of the molecule is COC(=O)c1cccc(COC(=O)c2csc(-c3ccc(F)cc3)n2)c1. The molecule has 0 saturated heterocycles. The number of esters is 2. The van der Waals surface area contributed by atoms with Crippen LogP contribution in [0.1, 0.15) is 26.4 Å². The number of aromatic nitrogens is 1. The van der Waals surface area contributed by atoms with Crippen LogP contribution < -0.4 is 0 Å². The smallest absolute Gasteiger partial charge is 0.358 e. The Kier molecular flexibility index (Phi) is 5.38. The summed E-state index contributed by atoms with van der Waals surface area (Å²) in [4.78, 5) is 27.9. The molecule has 0 aliphatic carbocycles. The van der Waals surface area contributed by atoms with E-state index >= 15 is 0 Å². The van der Waals surface area contributed by atoms with Crippen LogP contribution in [0.2, 0.25) is 0 Å². The van der Waals surface area contributed by atoms with Gasteiger partial charge in [0.2, 0.25) is 0 Å². The molecule has 7 heteroatoms. The van der Waals surface area contributed by atoms with E-state index in [1.807, 2.05) is 0 Å². The van der Waals surface area contributed by atoms with Crippen molar-refractivity contribution in [2.24, 2.45) is 0 Å². The number of hydrogen-bond acceptors (Lipinski definition) is 6. The molecule has 0 fully saturated rings. The minimum atomic E-state index is -0.571. The second-order valence-electron chi connectivity index (χ2n) is 5.31. The Hall–Kier alpha value is -3.06. The first-order valence-electron chi connectivity index (χ1n) is 7.62. The highest BCUT2D eigenvalue weighted by Gasteiger charge is 2.14. The van der Waals surface area contributed by atoms with E-state index in [1.165, 1.54) is 30.6 Å². The molecule has 3 rings (SSSR count). The van der Waals surface area contributed by atoms with Gasteiger partial charge in [0.1, 0.15) is 17.4 Å². The van der Waals surface area contributed by atoms with E-state index in [9.17, 15) is 14.0 Å². The first-order valence-corrected chi connectivity index (χ1v) is 8.50. The first kappa shape index (κ1) is 17.8. The Balaban J connectivity index is 1.66. The second-order valence-corrected chi connectivity index (χ2v) is 6.17. The van der Waals surface area contributed by atoms with Crippen LogP contribution in [0, 0.1) is 5.82 Å². The number of carbonyl (C=O) groups is 2. The van der Waals surface area contributed by atoms with E-state index in [-0.39, 0.29) is 18.1 Å². The van der Waals surface area contributed by atoms with E-state index in [2.05, 4.69) is 9.72 Å². The molecule has 0 aliphatic heterocycles. The quantitative estimate of drug-likeness (QED) is 0.632. The summed E-state index contributed by atoms with van der Waals surface area (Å²) in [6.07, 6.45) is 0. The fourth-order valence-electron chi connectivity index (χ4n) is 2.22. The van der Waals surface area contributed by atoms with Gasteiger partial charge in [-0.3, -0.25) is 0 Å². The standard InChI is InChI=1S/C19H14FNO4S/c1-24-18(22)14-4-2-3-12(9-14)10-25-19(23)16-11-26-17(21-16)13-5-7-15(20)8-6-13/h2-9,11H,10H2,1H3. The highest BCUT2D eigenvalue weighted by atomic mass is 32.1. The highest BCUT2D eigenvalue weighted by Crippen LogP contribution is 2.24. The molecule has 0 aliphatic rings. The summed E-state index contributed by atoms with van der Waals surface area (Å²) in [6, 6.07) is 12.5. The maximum absolute atomic E-state index is 13.0. The van der Waals surface area contributed by atoms with Gasteiger partial charge in [0.25, 0.3) is 0 Å². The summed E-state index contributed by atoms with van der Waals surface area (Å²) >= 11 is 1.27. The second kappa shape index (κ2) is 7.88. The molecule has 0 spiro atoms. The van der Waals surface area contributed by atoms with Gasteiger partial charge in [-0.05, 0) is 42.0 Å². The number of benzene rings is 2. The summed E-state index contributed by atoms with van der Waals surface area (Å²) < 4.78 is 22.9. The molecule has 2 aromatic carbocycles.